The van der Waals surface area contributed by atoms with Crippen LogP contribution in [0.4, 0.5) is 0 Å². The van der Waals surface area contributed by atoms with E-state index in [9.17, 15) is 23.1 Å². The maximum Gasteiger partial charge on any atom is 0.308 e. The quantitative estimate of drug-likeness (QED) is 0.723. The molecular weight excluding hydrogens is 358 g/mol. The Labute approximate surface area is 153 Å². The molecular formula is C18H25NO6S. The van der Waals surface area contributed by atoms with Gasteiger partial charge in [-0.3, -0.25) is 9.59 Å². The van der Waals surface area contributed by atoms with E-state index in [1.54, 1.807) is 24.0 Å². The van der Waals surface area contributed by atoms with Crippen LogP contribution in [-0.4, -0.2) is 55.7 Å². The van der Waals surface area contributed by atoms with Crippen molar-refractivity contribution in [3.63, 3.8) is 0 Å². The molecule has 1 aromatic carbocycles. The Hall–Kier alpha value is -2.09. The number of carboxylic acid groups (broad SMARTS) is 1. The van der Waals surface area contributed by atoms with Crippen molar-refractivity contribution in [1.29, 1.82) is 0 Å². The minimum Gasteiger partial charge on any atom is -0.494 e. The van der Waals surface area contributed by atoms with Gasteiger partial charge in [0.15, 0.2) is 9.84 Å². The van der Waals surface area contributed by atoms with E-state index in [0.717, 1.165) is 6.26 Å². The summed E-state index contributed by atoms with van der Waals surface area (Å²) in [6.07, 6.45) is 3.25. The molecule has 2 rings (SSSR count). The van der Waals surface area contributed by atoms with E-state index < -0.39 is 21.7 Å². The lowest BCUT2D eigenvalue weighted by atomic mass is 9.90. The Morgan fingerprint density at radius 3 is 2.50 bits per heavy atom. The third-order valence-electron chi connectivity index (χ3n) is 4.68. The summed E-state index contributed by atoms with van der Waals surface area (Å²) < 4.78 is 28.3. The van der Waals surface area contributed by atoms with Gasteiger partial charge in [-0.1, -0.05) is 0 Å². The van der Waals surface area contributed by atoms with Gasteiger partial charge in [0, 0.05) is 25.3 Å². The highest BCUT2D eigenvalue weighted by Gasteiger charge is 2.34. The summed E-state index contributed by atoms with van der Waals surface area (Å²) in [5.41, 5.74) is 0. The molecule has 1 saturated heterocycles. The van der Waals surface area contributed by atoms with Crippen LogP contribution in [0.1, 0.15) is 32.6 Å². The van der Waals surface area contributed by atoms with Crippen LogP contribution >= 0.6 is 0 Å². The molecule has 1 aliphatic heterocycles. The number of likely N-dealkylation sites (tertiary alicyclic amines) is 1. The summed E-state index contributed by atoms with van der Waals surface area (Å²) in [5.74, 6) is -0.866. The fourth-order valence-electron chi connectivity index (χ4n) is 3.17. The van der Waals surface area contributed by atoms with Crippen LogP contribution < -0.4 is 4.74 Å². The highest BCUT2D eigenvalue weighted by molar-refractivity contribution is 7.90. The van der Waals surface area contributed by atoms with E-state index in [4.69, 9.17) is 4.74 Å². The maximum atomic E-state index is 12.4. The molecule has 0 radical (unpaired) electrons. The van der Waals surface area contributed by atoms with Gasteiger partial charge >= 0.3 is 5.97 Å². The lowest BCUT2D eigenvalue weighted by molar-refractivity contribution is -0.149. The molecule has 0 unspecified atom stereocenters. The zero-order valence-corrected chi connectivity index (χ0v) is 15.9. The van der Waals surface area contributed by atoms with Crippen LogP contribution in [0, 0.1) is 5.92 Å². The normalized spacial score (nSPS) is 20.6. The predicted molar refractivity (Wildman–Crippen MR) is 95.8 cm³/mol. The molecule has 2 atom stereocenters. The van der Waals surface area contributed by atoms with E-state index in [1.807, 2.05) is 0 Å². The zero-order valence-electron chi connectivity index (χ0n) is 15.1. The summed E-state index contributed by atoms with van der Waals surface area (Å²) in [5, 5.41) is 9.22. The van der Waals surface area contributed by atoms with Gasteiger partial charge in [0.25, 0.3) is 0 Å². The summed E-state index contributed by atoms with van der Waals surface area (Å²) in [6.45, 7) is 2.71. The van der Waals surface area contributed by atoms with Crippen LogP contribution in [0.15, 0.2) is 29.2 Å². The van der Waals surface area contributed by atoms with Crippen molar-refractivity contribution < 1.29 is 27.9 Å². The number of sulfone groups is 1. The molecule has 1 amide bonds. The van der Waals surface area contributed by atoms with Gasteiger partial charge in [0.05, 0.1) is 17.4 Å². The number of hydrogen-bond acceptors (Lipinski definition) is 5. The van der Waals surface area contributed by atoms with Gasteiger partial charge in [-0.2, -0.15) is 0 Å². The largest absolute Gasteiger partial charge is 0.494 e. The van der Waals surface area contributed by atoms with Crippen molar-refractivity contribution in [3.8, 4) is 5.75 Å². The molecule has 8 heteroatoms. The van der Waals surface area contributed by atoms with Gasteiger partial charge in [-0.05, 0) is 50.5 Å². The lowest BCUT2D eigenvalue weighted by Crippen LogP contribution is -2.49. The molecule has 144 valence electrons. The van der Waals surface area contributed by atoms with Crippen molar-refractivity contribution in [2.75, 3.05) is 19.4 Å². The Balaban J connectivity index is 1.79. The standard InChI is InChI=1S/C18H25NO6S/c1-13-16(18(21)22)5-3-11-19(13)17(20)6-4-12-25-14-7-9-15(10-8-14)26(2,23)24/h7-10,13,16H,3-6,11-12H2,1-2H3,(H,21,22)/t13-,16-/m1/s1. The fraction of sp³-hybridized carbons (Fsp3) is 0.556. The molecule has 0 saturated carbocycles. The van der Waals surface area contributed by atoms with Crippen molar-refractivity contribution in [1.82, 2.24) is 4.90 Å². The maximum absolute atomic E-state index is 12.4. The molecule has 0 aromatic heterocycles. The molecule has 0 spiro atoms. The number of amides is 1. The van der Waals surface area contributed by atoms with E-state index in [0.29, 0.717) is 38.2 Å². The predicted octanol–water partition coefficient (Wildman–Crippen LogP) is 1.96. The Morgan fingerprint density at radius 1 is 1.27 bits per heavy atom. The topological polar surface area (TPSA) is 101 Å². The molecule has 26 heavy (non-hydrogen) atoms. The summed E-state index contributed by atoms with van der Waals surface area (Å²) in [6, 6.07) is 5.84. The van der Waals surface area contributed by atoms with Crippen molar-refractivity contribution in [2.45, 2.75) is 43.5 Å². The highest BCUT2D eigenvalue weighted by Crippen LogP contribution is 2.24. The zero-order chi connectivity index (χ0) is 19.3. The SMILES string of the molecule is C[C@@H]1[C@H](C(=O)O)CCCN1C(=O)CCCOc1ccc(S(C)(=O)=O)cc1. The first-order chi connectivity index (χ1) is 12.2. The number of carbonyl (C=O) groups excluding carboxylic acids is 1. The van der Waals surface area contributed by atoms with Gasteiger partial charge in [0.2, 0.25) is 5.91 Å². The third-order valence-corrected chi connectivity index (χ3v) is 5.81. The number of rotatable bonds is 7. The van der Waals surface area contributed by atoms with E-state index >= 15 is 0 Å². The van der Waals surface area contributed by atoms with Crippen LogP contribution in [-0.2, 0) is 19.4 Å². The molecule has 0 bridgehead atoms. The van der Waals surface area contributed by atoms with Crippen LogP contribution in [0.25, 0.3) is 0 Å². The summed E-state index contributed by atoms with van der Waals surface area (Å²) in [7, 11) is -3.23. The van der Waals surface area contributed by atoms with Crippen molar-refractivity contribution >= 4 is 21.7 Å². The van der Waals surface area contributed by atoms with Crippen molar-refractivity contribution in [3.05, 3.63) is 24.3 Å². The molecule has 1 aliphatic rings. The third kappa shape index (κ3) is 5.20. The number of carboxylic acids is 1. The molecule has 0 aliphatic carbocycles. The monoisotopic (exact) mass is 383 g/mol. The highest BCUT2D eigenvalue weighted by atomic mass is 32.2. The van der Waals surface area contributed by atoms with Gasteiger partial charge in [-0.25, -0.2) is 8.42 Å². The summed E-state index contributed by atoms with van der Waals surface area (Å²) >= 11 is 0. The van der Waals surface area contributed by atoms with Crippen LogP contribution in [0.3, 0.4) is 0 Å². The number of ether oxygens (including phenoxy) is 1. The number of carbonyl (C=O) groups is 2. The van der Waals surface area contributed by atoms with Crippen LogP contribution in [0.2, 0.25) is 0 Å². The van der Waals surface area contributed by atoms with Gasteiger partial charge in [0.1, 0.15) is 5.75 Å². The number of aliphatic carboxylic acids is 1. The second-order valence-corrected chi connectivity index (χ2v) is 8.63. The molecule has 1 aromatic rings. The first-order valence-corrected chi connectivity index (χ1v) is 10.5. The number of piperidine rings is 1. The van der Waals surface area contributed by atoms with Crippen LogP contribution in [0.5, 0.6) is 5.75 Å². The Morgan fingerprint density at radius 2 is 1.92 bits per heavy atom. The number of hydrogen-bond donors (Lipinski definition) is 1. The smallest absolute Gasteiger partial charge is 0.308 e. The number of benzene rings is 1. The van der Waals surface area contributed by atoms with Gasteiger partial charge < -0.3 is 14.7 Å². The molecule has 1 fully saturated rings. The lowest BCUT2D eigenvalue weighted by Gasteiger charge is -2.37. The second kappa shape index (κ2) is 8.53. The second-order valence-electron chi connectivity index (χ2n) is 6.61. The minimum absolute atomic E-state index is 0.0560. The molecule has 1 N–H and O–H groups in total. The summed E-state index contributed by atoms with van der Waals surface area (Å²) in [4.78, 5) is 25.5. The first kappa shape index (κ1) is 20.2. The minimum atomic E-state index is -3.23. The molecule has 7 nitrogen and oxygen atoms in total. The fourth-order valence-corrected chi connectivity index (χ4v) is 3.80. The first-order valence-electron chi connectivity index (χ1n) is 8.65. The molecule has 1 heterocycles. The van der Waals surface area contributed by atoms with Gasteiger partial charge in [-0.15, -0.1) is 0 Å². The van der Waals surface area contributed by atoms with E-state index in [2.05, 4.69) is 0 Å². The Bertz CT molecular complexity index is 743. The average Bonchev–Trinajstić information content (AvgIpc) is 2.58. The number of nitrogens with zero attached hydrogens (tertiary/aromatic N) is 1. The Kier molecular flexibility index (Phi) is 6.63. The average molecular weight is 383 g/mol. The van der Waals surface area contributed by atoms with E-state index in [1.165, 1.54) is 12.1 Å². The van der Waals surface area contributed by atoms with E-state index in [-0.39, 0.29) is 23.3 Å². The van der Waals surface area contributed by atoms with Crippen molar-refractivity contribution in [2.24, 2.45) is 5.92 Å².